The molecule has 0 radical (unpaired) electrons. The molecule has 0 unspecified atom stereocenters. The first-order valence-electron chi connectivity index (χ1n) is 23.6. The number of fused-ring (bicyclic) bond motifs is 9. The summed E-state index contributed by atoms with van der Waals surface area (Å²) in [6.45, 7) is 0. The van der Waals surface area contributed by atoms with Crippen LogP contribution in [0, 0.1) is 0 Å². The highest BCUT2D eigenvalue weighted by atomic mass is 32.1. The minimum absolute atomic E-state index is 0.00142. The summed E-state index contributed by atoms with van der Waals surface area (Å²) >= 11 is 3.42. The van der Waals surface area contributed by atoms with E-state index in [2.05, 4.69) is 84.9 Å². The van der Waals surface area contributed by atoms with E-state index in [9.17, 15) is 2.74 Å². The van der Waals surface area contributed by atoms with Crippen LogP contribution in [0.5, 0.6) is 0 Å². The van der Waals surface area contributed by atoms with Gasteiger partial charge < -0.3 is 4.57 Å². The van der Waals surface area contributed by atoms with Crippen molar-refractivity contribution in [1.82, 2.24) is 19.5 Å². The first-order valence-corrected chi connectivity index (χ1v) is 22.2. The third-order valence-corrected chi connectivity index (χ3v) is 14.3. The zero-order valence-electron chi connectivity index (χ0n) is 39.3. The fraction of sp³-hybridized carbons (Fsp3) is 0. The molecule has 0 spiro atoms. The van der Waals surface area contributed by atoms with Crippen LogP contribution in [0.3, 0.4) is 0 Å². The molecule has 9 aromatic carbocycles. The second-order valence-electron chi connectivity index (χ2n) is 15.4. The molecule has 0 saturated heterocycles. The summed E-state index contributed by atoms with van der Waals surface area (Å²) < 4.78 is 60.2. The molecule has 4 nitrogen and oxygen atoms in total. The molecule has 0 N–H and O–H groups in total. The van der Waals surface area contributed by atoms with Gasteiger partial charge in [0.15, 0.2) is 17.5 Å². The third-order valence-electron chi connectivity index (χ3n) is 11.8. The Morgan fingerprint density at radius 1 is 0.365 bits per heavy atom. The van der Waals surface area contributed by atoms with E-state index in [1.54, 1.807) is 22.7 Å². The summed E-state index contributed by atoms with van der Waals surface area (Å²) in [5, 5.41) is 4.89. The molecule has 294 valence electrons. The Bertz CT molecular complexity index is 4150. The van der Waals surface area contributed by atoms with E-state index in [0.29, 0.717) is 34.2 Å². The van der Waals surface area contributed by atoms with Crippen molar-refractivity contribution in [2.45, 2.75) is 0 Å². The van der Waals surface area contributed by atoms with Gasteiger partial charge in [-0.05, 0) is 59.6 Å². The Morgan fingerprint density at radius 2 is 0.905 bits per heavy atom. The Morgan fingerprint density at radius 3 is 1.60 bits per heavy atom. The molecule has 0 saturated carbocycles. The quantitative estimate of drug-likeness (QED) is 0.167. The van der Waals surface area contributed by atoms with E-state index in [-0.39, 0.29) is 47.0 Å². The largest absolute Gasteiger partial charge is 0.309 e. The first-order chi connectivity index (χ1) is 33.7. The maximum atomic E-state index is 9.27. The van der Waals surface area contributed by atoms with Crippen molar-refractivity contribution in [3.05, 3.63) is 206 Å². The molecule has 4 heterocycles. The number of rotatable bonds is 6. The molecule has 0 aliphatic heterocycles. The van der Waals surface area contributed by atoms with E-state index in [1.807, 2.05) is 77.4 Å². The monoisotopic (exact) mass is 844 g/mol. The van der Waals surface area contributed by atoms with Gasteiger partial charge in [-0.25, -0.2) is 15.0 Å². The van der Waals surface area contributed by atoms with Crippen molar-refractivity contribution < 1.29 is 8.22 Å². The fourth-order valence-electron chi connectivity index (χ4n) is 8.92. The summed E-state index contributed by atoms with van der Waals surface area (Å²) in [7, 11) is 0. The van der Waals surface area contributed by atoms with Crippen LogP contribution < -0.4 is 0 Å². The predicted octanol–water partition coefficient (Wildman–Crippen LogP) is 16.0. The molecule has 13 aromatic rings. The molecule has 63 heavy (non-hydrogen) atoms. The smallest absolute Gasteiger partial charge is 0.165 e. The number of aromatic nitrogens is 4. The van der Waals surface area contributed by atoms with E-state index < -0.39 is 0 Å². The highest BCUT2D eigenvalue weighted by Crippen LogP contribution is 2.46. The lowest BCUT2D eigenvalue weighted by atomic mass is 9.95. The lowest BCUT2D eigenvalue weighted by molar-refractivity contribution is 1.08. The number of thiophene rings is 2. The van der Waals surface area contributed by atoms with E-state index in [0.717, 1.165) is 79.3 Å². The van der Waals surface area contributed by atoms with Crippen LogP contribution in [0.15, 0.2) is 206 Å². The van der Waals surface area contributed by atoms with Gasteiger partial charge in [-0.2, -0.15) is 0 Å². The molecular weight excluding hydrogens is 805 g/mol. The van der Waals surface area contributed by atoms with Gasteiger partial charge in [0.25, 0.3) is 0 Å². The average Bonchev–Trinajstić information content (AvgIpc) is 4.08. The van der Waals surface area contributed by atoms with Crippen molar-refractivity contribution in [3.8, 4) is 62.1 Å². The van der Waals surface area contributed by atoms with Gasteiger partial charge in [0.05, 0.1) is 24.9 Å². The van der Waals surface area contributed by atoms with E-state index in [4.69, 9.17) is 20.4 Å². The second-order valence-corrected chi connectivity index (χ2v) is 17.5. The maximum absolute atomic E-state index is 9.27. The number of para-hydroxylation sites is 2. The summed E-state index contributed by atoms with van der Waals surface area (Å²) in [6.07, 6.45) is 0. The number of nitrogens with zero attached hydrogens (tertiary/aromatic N) is 4. The highest BCUT2D eigenvalue weighted by molar-refractivity contribution is 7.26. The summed E-state index contributed by atoms with van der Waals surface area (Å²) in [6, 6.07) is 55.9. The van der Waals surface area contributed by atoms with Gasteiger partial charge in [0.2, 0.25) is 0 Å². The molecule has 0 fully saturated rings. The van der Waals surface area contributed by atoms with Crippen molar-refractivity contribution in [2.24, 2.45) is 0 Å². The fourth-order valence-corrected chi connectivity index (χ4v) is 11.3. The third kappa shape index (κ3) is 5.83. The number of benzene rings is 9. The average molecular weight is 845 g/mol. The van der Waals surface area contributed by atoms with Crippen LogP contribution in [0.4, 0.5) is 0 Å². The summed E-state index contributed by atoms with van der Waals surface area (Å²) in [4.78, 5) is 15.1. The standard InChI is InChI=1S/C57H34N4S2/c1-3-15-35(16-4-1)55-58-56(36-17-5-2-6-18-36)60-57(59-55)45-25-14-24-44-47-34-38(30-32-52(47)63-54(44)45)37-29-31-50(61-48-26-10-7-19-39(48)40-20-8-11-27-49(40)61)46(33-37)43-23-13-22-42-41-21-9-12-28-51(41)62-53(42)43/h1-34H/i7D,8D,19D,20D,26D,27D. The van der Waals surface area contributed by atoms with Crippen LogP contribution in [0.2, 0.25) is 0 Å². The Labute approximate surface area is 379 Å². The lowest BCUT2D eigenvalue weighted by Gasteiger charge is -2.17. The van der Waals surface area contributed by atoms with Crippen molar-refractivity contribution in [3.63, 3.8) is 0 Å². The molecule has 0 aliphatic rings. The summed E-state index contributed by atoms with van der Waals surface area (Å²) in [5.74, 6) is 1.80. The van der Waals surface area contributed by atoms with Crippen molar-refractivity contribution in [2.75, 3.05) is 0 Å². The molecule has 0 amide bonds. The molecule has 4 aromatic heterocycles. The SMILES string of the molecule is [2H]c1cc([2H])c2c(c1[2H])c1c([2H])c([2H])cc([2H])c1n2-c1ccc(-c2ccc3sc4c(-c5nc(-c6ccccc6)nc(-c6ccccc6)n5)cccc4c3c2)cc1-c1cccc2c1sc1ccccc12. The number of hydrogen-bond donors (Lipinski definition) is 0. The Kier molecular flexibility index (Phi) is 6.93. The minimum atomic E-state index is -0.149. The molecule has 6 heteroatoms. The van der Waals surface area contributed by atoms with Crippen molar-refractivity contribution >= 4 is 84.8 Å². The molecule has 0 bridgehead atoms. The Balaban J connectivity index is 1.04. The first kappa shape index (κ1) is 30.3. The van der Waals surface area contributed by atoms with Gasteiger partial charge in [-0.3, -0.25) is 0 Å². The molecular formula is C57H34N4S2. The summed E-state index contributed by atoms with van der Waals surface area (Å²) in [5.41, 5.74) is 7.77. The zero-order valence-corrected chi connectivity index (χ0v) is 34.9. The minimum Gasteiger partial charge on any atom is -0.309 e. The van der Waals surface area contributed by atoms with Crippen LogP contribution in [-0.4, -0.2) is 19.5 Å². The Hall–Kier alpha value is -7.77. The van der Waals surface area contributed by atoms with Gasteiger partial charge >= 0.3 is 0 Å². The van der Waals surface area contributed by atoms with Crippen LogP contribution in [0.25, 0.3) is 124 Å². The van der Waals surface area contributed by atoms with Gasteiger partial charge in [-0.15, -0.1) is 22.7 Å². The van der Waals surface area contributed by atoms with Gasteiger partial charge in [0, 0.05) is 78.9 Å². The van der Waals surface area contributed by atoms with Gasteiger partial charge in [0.1, 0.15) is 0 Å². The van der Waals surface area contributed by atoms with E-state index in [1.165, 1.54) is 12.1 Å². The van der Waals surface area contributed by atoms with Crippen molar-refractivity contribution in [1.29, 1.82) is 0 Å². The van der Waals surface area contributed by atoms with E-state index >= 15 is 0 Å². The van der Waals surface area contributed by atoms with Crippen LogP contribution in [0.1, 0.15) is 8.22 Å². The number of hydrogen-bond acceptors (Lipinski definition) is 5. The van der Waals surface area contributed by atoms with Crippen LogP contribution >= 0.6 is 22.7 Å². The zero-order chi connectivity index (χ0) is 46.7. The molecule has 0 aliphatic carbocycles. The normalized spacial score (nSPS) is 13.1. The van der Waals surface area contributed by atoms with Gasteiger partial charge in [-0.1, -0.05) is 158 Å². The maximum Gasteiger partial charge on any atom is 0.165 e. The topological polar surface area (TPSA) is 43.6 Å². The highest BCUT2D eigenvalue weighted by Gasteiger charge is 2.21. The molecule has 13 rings (SSSR count). The lowest BCUT2D eigenvalue weighted by Crippen LogP contribution is -2.00. The van der Waals surface area contributed by atoms with Crippen LogP contribution in [-0.2, 0) is 0 Å². The predicted molar refractivity (Wildman–Crippen MR) is 267 cm³/mol. The second kappa shape index (κ2) is 14.4. The molecule has 0 atom stereocenters.